The summed E-state index contributed by atoms with van der Waals surface area (Å²) in [5, 5.41) is 6.03. The second kappa shape index (κ2) is 5.14. The first-order valence-corrected chi connectivity index (χ1v) is 5.98. The maximum Gasteiger partial charge on any atom is 0.0860 e. The average Bonchev–Trinajstić information content (AvgIpc) is 2.33. The van der Waals surface area contributed by atoms with Gasteiger partial charge in [0.15, 0.2) is 0 Å². The molecular weight excluding hydrogens is 265 g/mol. The minimum absolute atomic E-state index is 0.786. The van der Waals surface area contributed by atoms with Crippen molar-refractivity contribution in [3.05, 3.63) is 16.4 Å². The van der Waals surface area contributed by atoms with Crippen molar-refractivity contribution in [3.63, 3.8) is 0 Å². The summed E-state index contributed by atoms with van der Waals surface area (Å²) in [6.45, 7) is 3.76. The van der Waals surface area contributed by atoms with Crippen LogP contribution in [0.2, 0.25) is 5.02 Å². The van der Waals surface area contributed by atoms with E-state index in [0.29, 0.717) is 0 Å². The molecule has 0 bridgehead atoms. The van der Waals surface area contributed by atoms with Crippen LogP contribution in [0.25, 0.3) is 0 Å². The highest BCUT2D eigenvalue weighted by molar-refractivity contribution is 9.09. The maximum atomic E-state index is 6.14. The van der Waals surface area contributed by atoms with Crippen molar-refractivity contribution >= 4 is 27.5 Å². The van der Waals surface area contributed by atoms with Crippen LogP contribution in [0, 0.1) is 6.92 Å². The van der Waals surface area contributed by atoms with E-state index in [9.17, 15) is 0 Å². The normalized spacial score (nSPS) is 11.3. The number of halogens is 2. The number of alkyl halides is 1. The predicted octanol–water partition coefficient (Wildman–Crippen LogP) is 2.21. The molecule has 5 heteroatoms. The van der Waals surface area contributed by atoms with Crippen molar-refractivity contribution < 1.29 is 0 Å². The molecule has 0 N–H and O–H groups in total. The lowest BCUT2D eigenvalue weighted by atomic mass is 10.3. The summed E-state index contributed by atoms with van der Waals surface area (Å²) in [4.78, 5) is 2.21. The van der Waals surface area contributed by atoms with Crippen molar-refractivity contribution in [2.75, 3.05) is 18.9 Å². The molecule has 0 saturated heterocycles. The zero-order chi connectivity index (χ0) is 10.7. The molecular formula is C9H15BrClN3. The lowest BCUT2D eigenvalue weighted by Crippen LogP contribution is -2.21. The minimum Gasteiger partial charge on any atom is -0.300 e. The fourth-order valence-corrected chi connectivity index (χ4v) is 2.16. The smallest absolute Gasteiger partial charge is 0.0860 e. The Morgan fingerprint density at radius 2 is 2.21 bits per heavy atom. The summed E-state index contributed by atoms with van der Waals surface area (Å²) < 4.78 is 1.85. The number of aryl methyl sites for hydroxylation is 2. The second-order valence-electron chi connectivity index (χ2n) is 3.40. The number of nitrogens with zero attached hydrogens (tertiary/aromatic N) is 3. The lowest BCUT2D eigenvalue weighted by Gasteiger charge is -2.15. The standard InChI is InChI=1S/C9H15BrClN3/c1-7-9(11)8(14(3)12-7)6-13(2)5-4-10/h4-6H2,1-3H3. The molecule has 1 rings (SSSR count). The minimum atomic E-state index is 0.786. The zero-order valence-electron chi connectivity index (χ0n) is 8.72. The van der Waals surface area contributed by atoms with E-state index in [1.807, 2.05) is 18.7 Å². The van der Waals surface area contributed by atoms with E-state index in [2.05, 4.69) is 33.0 Å². The average molecular weight is 281 g/mol. The molecule has 0 saturated carbocycles. The highest BCUT2D eigenvalue weighted by Gasteiger charge is 2.12. The fourth-order valence-electron chi connectivity index (χ4n) is 1.33. The van der Waals surface area contributed by atoms with E-state index < -0.39 is 0 Å². The molecule has 0 aliphatic rings. The topological polar surface area (TPSA) is 21.1 Å². The monoisotopic (exact) mass is 279 g/mol. The first kappa shape index (κ1) is 12.0. The number of rotatable bonds is 4. The predicted molar refractivity (Wildman–Crippen MR) is 63.1 cm³/mol. The molecule has 1 heterocycles. The number of hydrogen-bond donors (Lipinski definition) is 0. The third-order valence-corrected chi connectivity index (χ3v) is 2.99. The molecule has 0 aliphatic carbocycles. The molecule has 0 aliphatic heterocycles. The van der Waals surface area contributed by atoms with Crippen molar-refractivity contribution in [1.82, 2.24) is 14.7 Å². The van der Waals surface area contributed by atoms with Crippen LogP contribution in [-0.4, -0.2) is 33.6 Å². The van der Waals surface area contributed by atoms with E-state index >= 15 is 0 Å². The van der Waals surface area contributed by atoms with Crippen molar-refractivity contribution in [1.29, 1.82) is 0 Å². The van der Waals surface area contributed by atoms with Gasteiger partial charge in [-0.25, -0.2) is 0 Å². The molecule has 14 heavy (non-hydrogen) atoms. The van der Waals surface area contributed by atoms with Gasteiger partial charge in [0.05, 0.1) is 16.4 Å². The van der Waals surface area contributed by atoms with Crippen LogP contribution in [0.4, 0.5) is 0 Å². The largest absolute Gasteiger partial charge is 0.300 e. The van der Waals surface area contributed by atoms with Crippen molar-refractivity contribution in [2.24, 2.45) is 7.05 Å². The van der Waals surface area contributed by atoms with Crippen LogP contribution in [0.3, 0.4) is 0 Å². The molecule has 0 atom stereocenters. The first-order valence-electron chi connectivity index (χ1n) is 4.48. The molecule has 0 unspecified atom stereocenters. The van der Waals surface area contributed by atoms with E-state index in [1.54, 1.807) is 0 Å². The summed E-state index contributed by atoms with van der Waals surface area (Å²) in [6.07, 6.45) is 0. The Bertz CT molecular complexity index is 311. The fraction of sp³-hybridized carbons (Fsp3) is 0.667. The number of hydrogen-bond acceptors (Lipinski definition) is 2. The Hall–Kier alpha value is -0.0600. The van der Waals surface area contributed by atoms with Gasteiger partial charge in [0.2, 0.25) is 0 Å². The van der Waals surface area contributed by atoms with Crippen molar-refractivity contribution in [3.8, 4) is 0 Å². The summed E-state index contributed by atoms with van der Waals surface area (Å²) in [6, 6.07) is 0. The highest BCUT2D eigenvalue weighted by atomic mass is 79.9. The van der Waals surface area contributed by atoms with Gasteiger partial charge in [0.1, 0.15) is 0 Å². The number of aromatic nitrogens is 2. The van der Waals surface area contributed by atoms with Gasteiger partial charge in [-0.15, -0.1) is 0 Å². The van der Waals surface area contributed by atoms with Gasteiger partial charge in [0.25, 0.3) is 0 Å². The molecule has 0 amide bonds. The second-order valence-corrected chi connectivity index (χ2v) is 4.57. The zero-order valence-corrected chi connectivity index (χ0v) is 11.1. The molecule has 0 aromatic carbocycles. The molecule has 1 aromatic rings. The third kappa shape index (κ3) is 2.72. The Kier molecular flexibility index (Phi) is 4.41. The van der Waals surface area contributed by atoms with Gasteiger partial charge in [-0.2, -0.15) is 5.10 Å². The van der Waals surface area contributed by atoms with E-state index in [1.165, 1.54) is 0 Å². The molecule has 0 fully saturated rings. The van der Waals surface area contributed by atoms with Crippen LogP contribution in [0.5, 0.6) is 0 Å². The van der Waals surface area contributed by atoms with E-state index in [4.69, 9.17) is 11.6 Å². The maximum absolute atomic E-state index is 6.14. The summed E-state index contributed by atoms with van der Waals surface area (Å²) in [5.41, 5.74) is 1.98. The van der Waals surface area contributed by atoms with Crippen molar-refractivity contribution in [2.45, 2.75) is 13.5 Å². The van der Waals surface area contributed by atoms with Gasteiger partial charge < -0.3 is 0 Å². The summed E-state index contributed by atoms with van der Waals surface area (Å²) in [7, 11) is 4.00. The highest BCUT2D eigenvalue weighted by Crippen LogP contribution is 2.20. The summed E-state index contributed by atoms with van der Waals surface area (Å²) >= 11 is 9.55. The third-order valence-electron chi connectivity index (χ3n) is 2.15. The van der Waals surface area contributed by atoms with Crippen LogP contribution in [0.1, 0.15) is 11.4 Å². The molecule has 0 spiro atoms. The van der Waals surface area contributed by atoms with E-state index in [0.717, 1.165) is 34.8 Å². The molecule has 1 aromatic heterocycles. The van der Waals surface area contributed by atoms with Crippen LogP contribution in [-0.2, 0) is 13.6 Å². The SMILES string of the molecule is Cc1nn(C)c(CN(C)CCBr)c1Cl. The first-order chi connectivity index (χ1) is 6.56. The Labute approximate surface area is 98.2 Å². The molecule has 0 radical (unpaired) electrons. The van der Waals surface area contributed by atoms with Gasteiger partial charge in [-0.1, -0.05) is 27.5 Å². The van der Waals surface area contributed by atoms with Gasteiger partial charge in [0, 0.05) is 25.5 Å². The molecule has 3 nitrogen and oxygen atoms in total. The van der Waals surface area contributed by atoms with Gasteiger partial charge >= 0.3 is 0 Å². The Morgan fingerprint density at radius 3 is 2.64 bits per heavy atom. The van der Waals surface area contributed by atoms with Gasteiger partial charge in [-0.3, -0.25) is 9.58 Å². The van der Waals surface area contributed by atoms with E-state index in [-0.39, 0.29) is 0 Å². The van der Waals surface area contributed by atoms with Crippen LogP contribution < -0.4 is 0 Å². The summed E-state index contributed by atoms with van der Waals surface area (Å²) in [5.74, 6) is 0. The quantitative estimate of drug-likeness (QED) is 0.789. The van der Waals surface area contributed by atoms with Gasteiger partial charge in [-0.05, 0) is 14.0 Å². The lowest BCUT2D eigenvalue weighted by molar-refractivity contribution is 0.338. The Balaban J connectivity index is 2.75. The molecule has 80 valence electrons. The van der Waals surface area contributed by atoms with Crippen LogP contribution in [0.15, 0.2) is 0 Å². The Morgan fingerprint density at radius 1 is 1.57 bits per heavy atom. The van der Waals surface area contributed by atoms with Crippen LogP contribution >= 0.6 is 27.5 Å².